The van der Waals surface area contributed by atoms with Crippen molar-refractivity contribution in [1.29, 1.82) is 0 Å². The summed E-state index contributed by atoms with van der Waals surface area (Å²) >= 11 is 1.73. The summed E-state index contributed by atoms with van der Waals surface area (Å²) in [7, 11) is 0. The first-order chi connectivity index (χ1) is 8.08. The number of hydrogen-bond acceptors (Lipinski definition) is 5. The van der Waals surface area contributed by atoms with Crippen molar-refractivity contribution >= 4 is 23.4 Å². The van der Waals surface area contributed by atoms with E-state index < -0.39 is 11.6 Å². The average molecular weight is 262 g/mol. The van der Waals surface area contributed by atoms with E-state index in [4.69, 9.17) is 5.84 Å². The monoisotopic (exact) mass is 262 g/mol. The van der Waals surface area contributed by atoms with E-state index in [1.165, 1.54) is 0 Å². The molecular formula is C10H16F2N4S. The van der Waals surface area contributed by atoms with Crippen LogP contribution in [-0.2, 0) is 0 Å². The van der Waals surface area contributed by atoms with Crippen molar-refractivity contribution in [2.45, 2.75) is 19.9 Å². The number of nitrogens with two attached hydrogens (primary N) is 1. The summed E-state index contributed by atoms with van der Waals surface area (Å²) in [5.41, 5.74) is 2.08. The highest BCUT2D eigenvalue weighted by Gasteiger charge is 2.12. The van der Waals surface area contributed by atoms with E-state index in [1.807, 2.05) is 13.8 Å². The second kappa shape index (κ2) is 6.61. The minimum atomic E-state index is -0.814. The van der Waals surface area contributed by atoms with Crippen LogP contribution in [0.15, 0.2) is 6.07 Å². The summed E-state index contributed by atoms with van der Waals surface area (Å²) in [4.78, 5) is 3.73. The molecule has 0 bridgehead atoms. The minimum Gasteiger partial charge on any atom is -0.364 e. The molecule has 1 atom stereocenters. The summed E-state index contributed by atoms with van der Waals surface area (Å²) in [6.07, 6.45) is 0. The van der Waals surface area contributed by atoms with Gasteiger partial charge in [0.05, 0.1) is 0 Å². The molecule has 0 aliphatic heterocycles. The predicted octanol–water partition coefficient (Wildman–Crippen LogP) is 2.20. The number of aromatic nitrogens is 1. The second-order valence-corrected chi connectivity index (χ2v) is 4.82. The van der Waals surface area contributed by atoms with E-state index in [2.05, 4.69) is 15.7 Å². The molecule has 1 heterocycles. The molecule has 0 saturated heterocycles. The first-order valence-electron chi connectivity index (χ1n) is 5.25. The molecule has 1 unspecified atom stereocenters. The minimum absolute atomic E-state index is 0.00329. The number of nitrogens with one attached hydrogen (secondary N) is 2. The molecule has 4 nitrogen and oxygen atoms in total. The lowest BCUT2D eigenvalue weighted by Gasteiger charge is -2.15. The molecule has 17 heavy (non-hydrogen) atoms. The fraction of sp³-hybridized carbons (Fsp3) is 0.500. The van der Waals surface area contributed by atoms with Gasteiger partial charge in [-0.05, 0) is 12.7 Å². The van der Waals surface area contributed by atoms with E-state index in [0.717, 1.165) is 17.6 Å². The third-order valence-corrected chi connectivity index (χ3v) is 3.17. The van der Waals surface area contributed by atoms with Crippen molar-refractivity contribution in [2.24, 2.45) is 5.84 Å². The molecule has 0 aromatic carbocycles. The van der Waals surface area contributed by atoms with Crippen LogP contribution >= 0.6 is 11.8 Å². The van der Waals surface area contributed by atoms with Gasteiger partial charge in [-0.15, -0.1) is 0 Å². The van der Waals surface area contributed by atoms with Gasteiger partial charge in [0, 0.05) is 17.9 Å². The molecule has 1 aromatic rings. The van der Waals surface area contributed by atoms with Crippen LogP contribution in [0.2, 0.25) is 0 Å². The van der Waals surface area contributed by atoms with E-state index in [-0.39, 0.29) is 17.7 Å². The second-order valence-electron chi connectivity index (χ2n) is 3.50. The molecule has 0 aliphatic carbocycles. The first kappa shape index (κ1) is 14.0. The summed E-state index contributed by atoms with van der Waals surface area (Å²) in [5, 5.41) is 2.88. The highest BCUT2D eigenvalue weighted by molar-refractivity contribution is 7.99. The zero-order valence-corrected chi connectivity index (χ0v) is 10.6. The first-order valence-corrected chi connectivity index (χ1v) is 6.40. The van der Waals surface area contributed by atoms with Crippen LogP contribution in [0.3, 0.4) is 0 Å². The maximum Gasteiger partial charge on any atom is 0.178 e. The Balaban J connectivity index is 2.76. The number of nitrogen functional groups attached to an aromatic ring is 1. The normalized spacial score (nSPS) is 12.3. The lowest BCUT2D eigenvalue weighted by molar-refractivity contribution is 0.577. The molecule has 0 spiro atoms. The molecule has 0 radical (unpaired) electrons. The Labute approximate surface area is 103 Å². The van der Waals surface area contributed by atoms with Crippen molar-refractivity contribution < 1.29 is 8.78 Å². The van der Waals surface area contributed by atoms with Gasteiger partial charge in [-0.25, -0.2) is 19.6 Å². The Kier molecular flexibility index (Phi) is 5.43. The quantitative estimate of drug-likeness (QED) is 0.542. The number of halogens is 2. The molecule has 0 aliphatic rings. The molecule has 0 saturated carbocycles. The molecule has 4 N–H and O–H groups in total. The largest absolute Gasteiger partial charge is 0.364 e. The number of hydrazine groups is 1. The number of thioether (sulfide) groups is 1. The van der Waals surface area contributed by atoms with E-state index in [1.54, 1.807) is 11.8 Å². The number of pyridine rings is 1. The fourth-order valence-corrected chi connectivity index (χ4v) is 1.91. The van der Waals surface area contributed by atoms with Crippen LogP contribution < -0.4 is 16.6 Å². The van der Waals surface area contributed by atoms with Gasteiger partial charge in [-0.3, -0.25) is 0 Å². The van der Waals surface area contributed by atoms with Crippen LogP contribution in [0.4, 0.5) is 20.4 Å². The third-order valence-electron chi connectivity index (χ3n) is 2.02. The lowest BCUT2D eigenvalue weighted by Crippen LogP contribution is -2.21. The highest BCUT2D eigenvalue weighted by Crippen LogP contribution is 2.19. The Morgan fingerprint density at radius 3 is 2.65 bits per heavy atom. The van der Waals surface area contributed by atoms with Crippen LogP contribution in [0.1, 0.15) is 13.8 Å². The molecule has 0 amide bonds. The Bertz CT molecular complexity index is 376. The van der Waals surface area contributed by atoms with Gasteiger partial charge in [0.15, 0.2) is 23.3 Å². The maximum absolute atomic E-state index is 13.4. The SMILES string of the molecule is CCSCC(C)Nc1nc(NN)c(F)cc1F. The number of nitrogens with zero attached hydrogens (tertiary/aromatic N) is 1. The number of hydrogen-bond donors (Lipinski definition) is 3. The van der Waals surface area contributed by atoms with Gasteiger partial charge in [0.25, 0.3) is 0 Å². The molecule has 0 fully saturated rings. The van der Waals surface area contributed by atoms with E-state index in [9.17, 15) is 8.78 Å². The fourth-order valence-electron chi connectivity index (χ4n) is 1.24. The summed E-state index contributed by atoms with van der Waals surface area (Å²) < 4.78 is 26.5. The van der Waals surface area contributed by atoms with Gasteiger partial charge >= 0.3 is 0 Å². The highest BCUT2D eigenvalue weighted by atomic mass is 32.2. The smallest absolute Gasteiger partial charge is 0.178 e. The lowest BCUT2D eigenvalue weighted by atomic mass is 10.3. The van der Waals surface area contributed by atoms with Crippen LogP contribution in [0.25, 0.3) is 0 Å². The summed E-state index contributed by atoms with van der Waals surface area (Å²) in [6.45, 7) is 3.95. The number of anilines is 2. The maximum atomic E-state index is 13.4. The van der Waals surface area contributed by atoms with Crippen LogP contribution in [0, 0.1) is 11.6 Å². The standard InChI is InChI=1S/C10H16F2N4S/c1-3-17-5-6(2)14-9-7(11)4-8(12)10(15-9)16-13/h4,6H,3,5,13H2,1-2H3,(H2,14,15,16). The Hall–Kier alpha value is -1.08. The van der Waals surface area contributed by atoms with Crippen molar-refractivity contribution in [3.05, 3.63) is 17.7 Å². The van der Waals surface area contributed by atoms with Crippen LogP contribution in [0.5, 0.6) is 0 Å². The zero-order valence-electron chi connectivity index (χ0n) is 9.76. The van der Waals surface area contributed by atoms with Gasteiger partial charge in [0.2, 0.25) is 0 Å². The Morgan fingerprint density at radius 2 is 2.06 bits per heavy atom. The predicted molar refractivity (Wildman–Crippen MR) is 68.0 cm³/mol. The van der Waals surface area contributed by atoms with Crippen molar-refractivity contribution in [2.75, 3.05) is 22.2 Å². The summed E-state index contributed by atoms with van der Waals surface area (Å²) in [6, 6.07) is 0.794. The van der Waals surface area contributed by atoms with Gasteiger partial charge < -0.3 is 10.7 Å². The molecular weight excluding hydrogens is 246 g/mol. The van der Waals surface area contributed by atoms with E-state index >= 15 is 0 Å². The molecule has 7 heteroatoms. The van der Waals surface area contributed by atoms with Crippen molar-refractivity contribution in [3.63, 3.8) is 0 Å². The van der Waals surface area contributed by atoms with Crippen molar-refractivity contribution in [1.82, 2.24) is 4.98 Å². The van der Waals surface area contributed by atoms with Gasteiger partial charge in [-0.2, -0.15) is 11.8 Å². The Morgan fingerprint density at radius 1 is 1.41 bits per heavy atom. The molecule has 1 rings (SSSR count). The zero-order chi connectivity index (χ0) is 12.8. The topological polar surface area (TPSA) is 63.0 Å². The van der Waals surface area contributed by atoms with Gasteiger partial charge in [-0.1, -0.05) is 6.92 Å². The summed E-state index contributed by atoms with van der Waals surface area (Å²) in [5.74, 6) is 5.17. The van der Waals surface area contributed by atoms with Crippen LogP contribution in [-0.4, -0.2) is 22.5 Å². The van der Waals surface area contributed by atoms with Crippen molar-refractivity contribution in [3.8, 4) is 0 Å². The molecule has 96 valence electrons. The average Bonchev–Trinajstić information content (AvgIpc) is 2.30. The molecule has 1 aromatic heterocycles. The van der Waals surface area contributed by atoms with E-state index in [0.29, 0.717) is 0 Å². The van der Waals surface area contributed by atoms with Gasteiger partial charge in [0.1, 0.15) is 0 Å². The number of rotatable bonds is 6. The third kappa shape index (κ3) is 4.01.